The molecule has 0 heterocycles. The average molecular weight is 529 g/mol. The fourth-order valence-electron chi connectivity index (χ4n) is 1.31. The van der Waals surface area contributed by atoms with Crippen molar-refractivity contribution in [3.8, 4) is 0 Å². The Bertz CT molecular complexity index is 523. The van der Waals surface area contributed by atoms with Gasteiger partial charge in [0.1, 0.15) is 0 Å². The van der Waals surface area contributed by atoms with Crippen LogP contribution in [0.25, 0.3) is 0 Å². The Morgan fingerprint density at radius 2 is 1.46 bits per heavy atom. The van der Waals surface area contributed by atoms with Crippen LogP contribution in [0, 0.1) is 0 Å². The molecule has 2 rings (SSSR count). The average Bonchev–Trinajstić information content (AvgIpc) is 2.53. The van der Waals surface area contributed by atoms with Crippen molar-refractivity contribution in [3.05, 3.63) is 57.5 Å². The Morgan fingerprint density at radius 3 is 1.83 bits per heavy atom. The van der Waals surface area contributed by atoms with E-state index in [9.17, 15) is 0 Å². The Hall–Kier alpha value is -0.600. The Balaban J connectivity index is 0. The number of aliphatic hydroxyl groups excluding tert-OH is 2. The zero-order chi connectivity index (χ0) is 17.5. The van der Waals surface area contributed by atoms with Gasteiger partial charge < -0.3 is 21.3 Å². The molecule has 7 heteroatoms. The van der Waals surface area contributed by atoms with Gasteiger partial charge in [-0.25, -0.2) is 0 Å². The normalized spacial score (nSPS) is 8.71. The standard InChI is InChI=1S/C8H10BrNO.C6H6BrN.C2H5BrO.CH4/c9-7-2-1-3-8(6-7)10-4-5-11;7-5-2-1-3-6(8)4-5;3-1-2-4;/h1-3,6,10-11H,4-5H2;1-4H,8H2;4H,1-2H2;1H4. The summed E-state index contributed by atoms with van der Waals surface area (Å²) in [5.41, 5.74) is 7.24. The number of halogens is 3. The lowest BCUT2D eigenvalue weighted by Crippen LogP contribution is -2.04. The SMILES string of the molecule is C.Nc1cccc(Br)c1.OCCBr.OCCNc1cccc(Br)c1. The molecule has 0 spiro atoms. The minimum atomic E-state index is 0. The summed E-state index contributed by atoms with van der Waals surface area (Å²) in [5.74, 6) is 0. The van der Waals surface area contributed by atoms with Gasteiger partial charge in [-0.2, -0.15) is 0 Å². The van der Waals surface area contributed by atoms with Crippen molar-refractivity contribution < 1.29 is 10.2 Å². The number of hydrogen-bond acceptors (Lipinski definition) is 4. The first kappa shape index (κ1) is 25.6. The van der Waals surface area contributed by atoms with Crippen molar-refractivity contribution in [2.75, 3.05) is 36.1 Å². The summed E-state index contributed by atoms with van der Waals surface area (Å²) < 4.78 is 2.07. The Labute approximate surface area is 169 Å². The third kappa shape index (κ3) is 15.0. The highest BCUT2D eigenvalue weighted by atomic mass is 79.9. The highest BCUT2D eigenvalue weighted by molar-refractivity contribution is 9.10. The van der Waals surface area contributed by atoms with E-state index in [1.165, 1.54) is 0 Å². The summed E-state index contributed by atoms with van der Waals surface area (Å²) in [6.45, 7) is 0.989. The van der Waals surface area contributed by atoms with Crippen LogP contribution in [0.4, 0.5) is 11.4 Å². The maximum atomic E-state index is 8.52. The first-order chi connectivity index (χ1) is 11.0. The summed E-state index contributed by atoms with van der Waals surface area (Å²) in [5, 5.41) is 20.1. The second-order valence-electron chi connectivity index (χ2n) is 4.13. The van der Waals surface area contributed by atoms with Crippen molar-refractivity contribution in [3.63, 3.8) is 0 Å². The van der Waals surface area contributed by atoms with Crippen LogP contribution in [-0.2, 0) is 0 Å². The molecule has 0 saturated heterocycles. The monoisotopic (exact) mass is 526 g/mol. The van der Waals surface area contributed by atoms with E-state index >= 15 is 0 Å². The zero-order valence-electron chi connectivity index (χ0n) is 12.6. The molecule has 0 aliphatic heterocycles. The molecule has 4 nitrogen and oxygen atoms in total. The van der Waals surface area contributed by atoms with Gasteiger partial charge in [-0.15, -0.1) is 0 Å². The highest BCUT2D eigenvalue weighted by Gasteiger charge is 1.90. The van der Waals surface area contributed by atoms with Gasteiger partial charge in [0.05, 0.1) is 13.2 Å². The van der Waals surface area contributed by atoms with Crippen LogP contribution >= 0.6 is 47.8 Å². The van der Waals surface area contributed by atoms with Gasteiger partial charge >= 0.3 is 0 Å². The zero-order valence-corrected chi connectivity index (χ0v) is 17.3. The van der Waals surface area contributed by atoms with Crippen LogP contribution in [0.15, 0.2) is 57.5 Å². The predicted molar refractivity (Wildman–Crippen MR) is 116 cm³/mol. The van der Waals surface area contributed by atoms with Gasteiger partial charge in [0, 0.05) is 32.2 Å². The van der Waals surface area contributed by atoms with Gasteiger partial charge in [0.15, 0.2) is 0 Å². The third-order valence-electron chi connectivity index (χ3n) is 2.20. The first-order valence-electron chi connectivity index (χ1n) is 6.81. The second kappa shape index (κ2) is 17.2. The number of hydrogen-bond donors (Lipinski definition) is 4. The van der Waals surface area contributed by atoms with Crippen LogP contribution in [0.5, 0.6) is 0 Å². The van der Waals surface area contributed by atoms with E-state index in [4.69, 9.17) is 15.9 Å². The van der Waals surface area contributed by atoms with E-state index < -0.39 is 0 Å². The molecular formula is C17H25Br3N2O2. The molecule has 2 aromatic rings. The molecular weight excluding hydrogens is 504 g/mol. The molecule has 0 aliphatic rings. The lowest BCUT2D eigenvalue weighted by molar-refractivity contribution is 0.311. The van der Waals surface area contributed by atoms with E-state index in [1.807, 2.05) is 48.5 Å². The molecule has 2 aromatic carbocycles. The minimum Gasteiger partial charge on any atom is -0.399 e. The fraction of sp³-hybridized carbons (Fsp3) is 0.294. The number of benzene rings is 2. The van der Waals surface area contributed by atoms with Crippen molar-refractivity contribution in [1.29, 1.82) is 0 Å². The lowest BCUT2D eigenvalue weighted by atomic mass is 10.3. The summed E-state index contributed by atoms with van der Waals surface area (Å²) in [6, 6.07) is 15.4. The van der Waals surface area contributed by atoms with Crippen LogP contribution in [-0.4, -0.2) is 35.3 Å². The molecule has 0 fully saturated rings. The lowest BCUT2D eigenvalue weighted by Gasteiger charge is -2.03. The van der Waals surface area contributed by atoms with Crippen LogP contribution in [0.3, 0.4) is 0 Å². The topological polar surface area (TPSA) is 78.5 Å². The van der Waals surface area contributed by atoms with Gasteiger partial charge in [-0.3, -0.25) is 0 Å². The largest absolute Gasteiger partial charge is 0.399 e. The molecule has 0 aromatic heterocycles. The fourth-order valence-corrected chi connectivity index (χ4v) is 2.12. The number of nitrogens with two attached hydrogens (primary N) is 1. The Morgan fingerprint density at radius 1 is 0.917 bits per heavy atom. The van der Waals surface area contributed by atoms with E-state index in [0.717, 1.165) is 20.3 Å². The third-order valence-corrected chi connectivity index (χ3v) is 3.54. The number of nitrogens with one attached hydrogen (secondary N) is 1. The molecule has 0 atom stereocenters. The first-order valence-corrected chi connectivity index (χ1v) is 9.52. The quantitative estimate of drug-likeness (QED) is 0.336. The molecule has 0 amide bonds. The van der Waals surface area contributed by atoms with E-state index in [1.54, 1.807) is 0 Å². The van der Waals surface area contributed by atoms with Crippen LogP contribution < -0.4 is 11.1 Å². The summed E-state index contributed by atoms with van der Waals surface area (Å²) in [4.78, 5) is 0. The smallest absolute Gasteiger partial charge is 0.0604 e. The van der Waals surface area contributed by atoms with Crippen molar-refractivity contribution >= 4 is 59.2 Å². The van der Waals surface area contributed by atoms with E-state index in [2.05, 4.69) is 53.1 Å². The van der Waals surface area contributed by atoms with Gasteiger partial charge in [-0.05, 0) is 36.4 Å². The predicted octanol–water partition coefficient (Wildman–Crippen LogP) is 4.89. The maximum Gasteiger partial charge on any atom is 0.0604 e. The minimum absolute atomic E-state index is 0. The second-order valence-corrected chi connectivity index (χ2v) is 6.75. The Kier molecular flexibility index (Phi) is 18.4. The summed E-state index contributed by atoms with van der Waals surface area (Å²) >= 11 is 9.63. The molecule has 0 bridgehead atoms. The maximum absolute atomic E-state index is 8.52. The van der Waals surface area contributed by atoms with Gasteiger partial charge in [0.25, 0.3) is 0 Å². The summed E-state index contributed by atoms with van der Waals surface area (Å²) in [7, 11) is 0. The number of nitrogen functional groups attached to an aromatic ring is 1. The van der Waals surface area contributed by atoms with Gasteiger partial charge in [0.2, 0.25) is 0 Å². The molecule has 5 N–H and O–H groups in total. The molecule has 0 radical (unpaired) electrons. The molecule has 0 unspecified atom stereocenters. The van der Waals surface area contributed by atoms with Crippen molar-refractivity contribution in [2.24, 2.45) is 0 Å². The van der Waals surface area contributed by atoms with Crippen molar-refractivity contribution in [1.82, 2.24) is 0 Å². The van der Waals surface area contributed by atoms with Crippen molar-refractivity contribution in [2.45, 2.75) is 7.43 Å². The number of anilines is 2. The van der Waals surface area contributed by atoms with Crippen LogP contribution in [0.1, 0.15) is 7.43 Å². The van der Waals surface area contributed by atoms with Gasteiger partial charge in [-0.1, -0.05) is 67.3 Å². The van der Waals surface area contributed by atoms with E-state index in [0.29, 0.717) is 11.9 Å². The highest BCUT2D eigenvalue weighted by Crippen LogP contribution is 2.15. The van der Waals surface area contributed by atoms with E-state index in [-0.39, 0.29) is 20.6 Å². The molecule has 0 aliphatic carbocycles. The molecule has 24 heavy (non-hydrogen) atoms. The number of rotatable bonds is 4. The number of aliphatic hydroxyl groups is 2. The number of alkyl halides is 1. The molecule has 0 saturated carbocycles. The summed E-state index contributed by atoms with van der Waals surface area (Å²) in [6.07, 6.45) is 0. The molecule has 136 valence electrons. The van der Waals surface area contributed by atoms with Crippen LogP contribution in [0.2, 0.25) is 0 Å².